The van der Waals surface area contributed by atoms with Gasteiger partial charge in [-0.05, 0) is 32.3 Å². The van der Waals surface area contributed by atoms with E-state index in [1.165, 1.54) is 30.9 Å². The number of carbonyl (C=O) groups is 4. The molecule has 3 fully saturated rings. The number of nitrogen functional groups attached to an aromatic ring is 1. The molecule has 466 valence electrons. The molecule has 3 saturated heterocycles. The van der Waals surface area contributed by atoms with Crippen molar-refractivity contribution in [3.05, 3.63) is 45.9 Å². The Hall–Kier alpha value is -5.76. The summed E-state index contributed by atoms with van der Waals surface area (Å²) in [5.41, 5.74) is 6.05. The van der Waals surface area contributed by atoms with E-state index in [0.717, 1.165) is 37.4 Å². The lowest BCUT2D eigenvalue weighted by molar-refractivity contribution is -0.386. The lowest BCUT2D eigenvalue weighted by Crippen LogP contribution is -2.36. The number of aliphatic hydroxyl groups is 1. The summed E-state index contributed by atoms with van der Waals surface area (Å²) in [7, 11) is -15.6. The Morgan fingerprint density at radius 1 is 0.929 bits per heavy atom. The highest BCUT2D eigenvalue weighted by Gasteiger charge is 2.44. The van der Waals surface area contributed by atoms with Crippen LogP contribution in [0.3, 0.4) is 0 Å². The van der Waals surface area contributed by atoms with Crippen LogP contribution in [0, 0.1) is 22.0 Å². The Morgan fingerprint density at radius 2 is 1.61 bits per heavy atom. The minimum Gasteiger partial charge on any atom is -0.493 e. The number of carbonyl (C=O) groups excluding carboxylic acids is 4. The van der Waals surface area contributed by atoms with Crippen LogP contribution in [-0.2, 0) is 60.1 Å². The van der Waals surface area contributed by atoms with Gasteiger partial charge in [-0.3, -0.25) is 24.2 Å². The maximum absolute atomic E-state index is 12.9. The van der Waals surface area contributed by atoms with Crippen LogP contribution in [0.4, 0.5) is 21.1 Å². The highest BCUT2D eigenvalue weighted by Crippen LogP contribution is 2.66. The van der Waals surface area contributed by atoms with E-state index in [9.17, 15) is 57.9 Å². The summed E-state index contributed by atoms with van der Waals surface area (Å²) in [5, 5.41) is 37.4. The molecular formula is C46H67N10O24P3S. The zero-order chi connectivity index (χ0) is 61.0. The second-order valence-electron chi connectivity index (χ2n) is 18.6. The normalized spacial score (nSPS) is 21.0. The minimum atomic E-state index is -5.79. The molecule has 0 bridgehead atoms. The van der Waals surface area contributed by atoms with Gasteiger partial charge in [-0.2, -0.15) is 20.4 Å². The van der Waals surface area contributed by atoms with Crippen LogP contribution >= 0.6 is 35.2 Å². The van der Waals surface area contributed by atoms with Crippen molar-refractivity contribution in [3.63, 3.8) is 0 Å². The van der Waals surface area contributed by atoms with Gasteiger partial charge in [0, 0.05) is 49.6 Å². The van der Waals surface area contributed by atoms with Gasteiger partial charge in [-0.1, -0.05) is 18.3 Å². The molecule has 5 amide bonds. The Morgan fingerprint density at radius 3 is 2.27 bits per heavy atom. The number of unbranched alkanes of at least 4 members (excludes halogenated alkanes) is 1. The first-order chi connectivity index (χ1) is 39.9. The molecule has 0 radical (unpaired) electrons. The van der Waals surface area contributed by atoms with Crippen LogP contribution in [0.25, 0.3) is 11.0 Å². The number of rotatable bonds is 35. The third kappa shape index (κ3) is 21.3. The Labute approximate surface area is 484 Å². The zero-order valence-electron chi connectivity index (χ0n) is 45.4. The van der Waals surface area contributed by atoms with Gasteiger partial charge in [0.1, 0.15) is 36.2 Å². The van der Waals surface area contributed by atoms with Crippen molar-refractivity contribution in [2.75, 3.05) is 91.1 Å². The SMILES string of the molecule is COc1cc(C(C)OC(=O)NCC#Cc2cn([C@H]3C[C@H](O)[C@@H](COP(=O)(O)OP(=O)(O)OP(=O)(O)O)O3)c3ncnc(N)c23)c([N+](=O)[O-])cc1OCCCC(=O)NCCOCCOCCOCCNC(=O)CCCC[C@@H]1SC[C@@H]2NC(=O)N[C@@H]21. The number of nitrogens with one attached hydrogen (secondary N) is 5. The standard InChI is InChI=1S/C46H67N10O24P3S/c1-28(77-46(61)50-11-5-7-29-24-55(44-41(29)43(47)51-27-52-44)40-23-33(57)36(78-40)25-76-82(67,68)80-83(69,70)79-81(64,65)66)30-21-34(71-2)35(22-32(30)56(62)63)75-14-6-10-39(59)49-13-16-73-18-20-74-19-17-72-15-12-48-38(58)9-4-3-8-37-42-31(26-84-37)53-45(60)54-42/h21-22,24,27-28,31,33,36-37,40,42,57H,3-4,6,8-20,23,25-26H2,1-2H3,(H,48,58)(H,49,59)(H,50,61)(H,67,68)(H,69,70)(H2,47,51,52)(H2,53,54,60)(H2,64,65,66)/t28?,31-,33-,36+,37-,40+,42-/m0/s1. The summed E-state index contributed by atoms with van der Waals surface area (Å²) in [6, 6.07) is 2.68. The van der Waals surface area contributed by atoms with Crippen molar-refractivity contribution in [2.45, 2.75) is 93.7 Å². The average Bonchev–Trinajstić information content (AvgIpc) is 2.27. The number of anilines is 1. The van der Waals surface area contributed by atoms with Gasteiger partial charge in [-0.15, -0.1) is 0 Å². The number of phosphoric acid groups is 3. The smallest absolute Gasteiger partial charge is 0.490 e. The first-order valence-corrected chi connectivity index (χ1v) is 31.6. The lowest BCUT2D eigenvalue weighted by Gasteiger charge is -2.19. The number of alkyl carbamates (subject to hydrolysis) is 1. The monoisotopic (exact) mass is 1270 g/mol. The second kappa shape index (κ2) is 32.1. The number of urea groups is 1. The van der Waals surface area contributed by atoms with E-state index < -0.39 is 71.3 Å². The summed E-state index contributed by atoms with van der Waals surface area (Å²) < 4.78 is 87.1. The number of amides is 5. The number of nitro groups is 1. The summed E-state index contributed by atoms with van der Waals surface area (Å²) in [5.74, 6) is 6.23. The van der Waals surface area contributed by atoms with Crippen LogP contribution in [0.2, 0.25) is 0 Å². The average molecular weight is 1270 g/mol. The predicted octanol–water partition coefficient (Wildman–Crippen LogP) is 1.93. The summed E-state index contributed by atoms with van der Waals surface area (Å²) in [4.78, 5) is 105. The molecule has 9 atom stereocenters. The molecule has 1 aromatic carbocycles. The molecule has 3 aromatic rings. The van der Waals surface area contributed by atoms with Gasteiger partial charge in [0.05, 0.1) is 112 Å². The minimum absolute atomic E-state index is 0.00372. The van der Waals surface area contributed by atoms with Gasteiger partial charge >= 0.3 is 35.6 Å². The predicted molar refractivity (Wildman–Crippen MR) is 293 cm³/mol. The number of nitrogens with two attached hydrogens (primary N) is 1. The number of nitrogens with zero attached hydrogens (tertiary/aromatic N) is 4. The van der Waals surface area contributed by atoms with Gasteiger partial charge in [0.2, 0.25) is 11.8 Å². The van der Waals surface area contributed by atoms with Gasteiger partial charge in [0.15, 0.2) is 11.5 Å². The van der Waals surface area contributed by atoms with E-state index in [4.69, 9.17) is 48.7 Å². The fourth-order valence-electron chi connectivity index (χ4n) is 8.70. The number of ether oxygens (including phenoxy) is 7. The van der Waals surface area contributed by atoms with Crippen molar-refractivity contribution < 1.29 is 109 Å². The molecule has 84 heavy (non-hydrogen) atoms. The number of hydrogen-bond acceptors (Lipinski definition) is 24. The molecule has 3 unspecified atom stereocenters. The van der Waals surface area contributed by atoms with Gasteiger partial charge in [0.25, 0.3) is 5.69 Å². The molecule has 5 heterocycles. The topological polar surface area (TPSA) is 473 Å². The number of fused-ring (bicyclic) bond motifs is 2. The third-order valence-electron chi connectivity index (χ3n) is 12.5. The number of nitro benzene ring substituents is 1. The largest absolute Gasteiger partial charge is 0.493 e. The number of hydrogen-bond donors (Lipinski definition) is 11. The molecule has 12 N–H and O–H groups in total. The molecule has 0 aliphatic carbocycles. The fourth-order valence-corrected chi connectivity index (χ4v) is 13.3. The molecule has 34 nitrogen and oxygen atoms in total. The maximum atomic E-state index is 12.9. The van der Waals surface area contributed by atoms with E-state index in [2.05, 4.69) is 61.5 Å². The van der Waals surface area contributed by atoms with Crippen LogP contribution in [0.5, 0.6) is 11.5 Å². The molecule has 6 rings (SSSR count). The summed E-state index contributed by atoms with van der Waals surface area (Å²) in [6.45, 7) is 2.70. The first kappa shape index (κ1) is 67.4. The van der Waals surface area contributed by atoms with Crippen LogP contribution < -0.4 is 41.8 Å². The molecule has 3 aliphatic heterocycles. The fraction of sp³-hybridized carbons (Fsp3) is 0.609. The van der Waals surface area contributed by atoms with Gasteiger partial charge in [-0.25, -0.2) is 33.3 Å². The number of thioether (sulfide) groups is 1. The Balaban J connectivity index is 0.834. The Kier molecular flexibility index (Phi) is 25.8. The Bertz CT molecular complexity index is 2990. The number of phosphoric ester groups is 1. The maximum Gasteiger partial charge on any atom is 0.490 e. The highest BCUT2D eigenvalue weighted by molar-refractivity contribution is 8.00. The molecule has 3 aliphatic rings. The molecule has 0 saturated carbocycles. The first-order valence-electron chi connectivity index (χ1n) is 26.0. The number of aliphatic hydroxyl groups excluding tert-OH is 1. The highest BCUT2D eigenvalue weighted by atomic mass is 32.2. The quantitative estimate of drug-likeness (QED) is 0.0100. The van der Waals surface area contributed by atoms with Crippen LogP contribution in [-0.4, -0.2) is 183 Å². The number of benzene rings is 1. The zero-order valence-corrected chi connectivity index (χ0v) is 48.9. The van der Waals surface area contributed by atoms with E-state index in [-0.39, 0.29) is 115 Å². The van der Waals surface area contributed by atoms with E-state index in [1.807, 2.05) is 11.8 Å². The summed E-state index contributed by atoms with van der Waals surface area (Å²) in [6.07, 6.45) is -0.178. The second-order valence-corrected chi connectivity index (χ2v) is 24.3. The van der Waals surface area contributed by atoms with E-state index in [1.54, 1.807) is 0 Å². The van der Waals surface area contributed by atoms with Gasteiger partial charge < -0.3 is 94.7 Å². The van der Waals surface area contributed by atoms with Crippen molar-refractivity contribution in [1.29, 1.82) is 0 Å². The molecule has 2 aromatic heterocycles. The summed E-state index contributed by atoms with van der Waals surface area (Å²) >= 11 is 1.86. The van der Waals surface area contributed by atoms with Crippen LogP contribution in [0.15, 0.2) is 24.7 Å². The van der Waals surface area contributed by atoms with Crippen LogP contribution in [0.1, 0.15) is 75.3 Å². The molecule has 0 spiro atoms. The van der Waals surface area contributed by atoms with E-state index >= 15 is 0 Å². The van der Waals surface area contributed by atoms with Crippen molar-refractivity contribution in [3.8, 4) is 23.3 Å². The number of methoxy groups -OCH3 is 1. The van der Waals surface area contributed by atoms with Crippen molar-refractivity contribution in [2.24, 2.45) is 0 Å². The van der Waals surface area contributed by atoms with E-state index in [0.29, 0.717) is 51.2 Å². The third-order valence-corrected chi connectivity index (χ3v) is 17.8. The van der Waals surface area contributed by atoms with Crippen molar-refractivity contribution in [1.82, 2.24) is 41.1 Å². The lowest BCUT2D eigenvalue weighted by atomic mass is 10.0. The number of aromatic nitrogens is 3. The molecule has 38 heteroatoms. The van der Waals surface area contributed by atoms with Crippen molar-refractivity contribution >= 4 is 81.7 Å². The molecular weight excluding hydrogens is 1200 g/mol.